The zero-order chi connectivity index (χ0) is 24.2. The first-order valence-corrected chi connectivity index (χ1v) is 12.1. The molecule has 174 valence electrons. The molecule has 1 unspecified atom stereocenters. The summed E-state index contributed by atoms with van der Waals surface area (Å²) in [5.41, 5.74) is 23.3. The van der Waals surface area contributed by atoms with Crippen molar-refractivity contribution in [2.45, 2.75) is 19.9 Å². The normalized spacial score (nSPS) is 15.0. The fourth-order valence-electron chi connectivity index (χ4n) is 4.68. The van der Waals surface area contributed by atoms with Crippen LogP contribution in [-0.4, -0.2) is 0 Å². The Labute approximate surface area is 207 Å². The highest BCUT2D eigenvalue weighted by Crippen LogP contribution is 2.39. The molecule has 0 radical (unpaired) electrons. The smallest absolute Gasteiger partial charge is 0.0485 e. The largest absolute Gasteiger partial charge is 0.398 e. The van der Waals surface area contributed by atoms with Crippen LogP contribution in [0.15, 0.2) is 109 Å². The van der Waals surface area contributed by atoms with Gasteiger partial charge in [0.25, 0.3) is 0 Å². The lowest BCUT2D eigenvalue weighted by molar-refractivity contribution is 0.749. The van der Waals surface area contributed by atoms with Gasteiger partial charge in [0.15, 0.2) is 0 Å². The predicted octanol–water partition coefficient (Wildman–Crippen LogP) is 7.78. The maximum Gasteiger partial charge on any atom is 0.0485 e. The highest BCUT2D eigenvalue weighted by Gasteiger charge is 2.14. The van der Waals surface area contributed by atoms with Gasteiger partial charge in [-0.25, -0.2) is 0 Å². The second-order valence-corrected chi connectivity index (χ2v) is 9.22. The number of anilines is 3. The minimum absolute atomic E-state index is 0.503. The van der Waals surface area contributed by atoms with Crippen molar-refractivity contribution in [1.82, 2.24) is 0 Å². The van der Waals surface area contributed by atoms with Gasteiger partial charge in [0.2, 0.25) is 0 Å². The van der Waals surface area contributed by atoms with Gasteiger partial charge in [0.05, 0.1) is 0 Å². The van der Waals surface area contributed by atoms with Crippen LogP contribution >= 0.6 is 0 Å². The molecule has 4 aromatic carbocycles. The van der Waals surface area contributed by atoms with E-state index in [1.54, 1.807) is 0 Å². The quantitative estimate of drug-likeness (QED) is 0.259. The summed E-state index contributed by atoms with van der Waals surface area (Å²) in [6, 6.07) is 31.6. The van der Waals surface area contributed by atoms with E-state index in [9.17, 15) is 0 Å². The molecule has 1 aliphatic carbocycles. The van der Waals surface area contributed by atoms with Gasteiger partial charge >= 0.3 is 0 Å². The second kappa shape index (κ2) is 10.0. The van der Waals surface area contributed by atoms with Crippen LogP contribution in [0.1, 0.15) is 24.5 Å². The van der Waals surface area contributed by atoms with Crippen LogP contribution in [0.2, 0.25) is 0 Å². The Kier molecular flexibility index (Phi) is 6.51. The van der Waals surface area contributed by atoms with Crippen LogP contribution in [0.4, 0.5) is 17.1 Å². The zero-order valence-corrected chi connectivity index (χ0v) is 20.0. The number of hydrogen-bond acceptors (Lipinski definition) is 3. The number of hydrogen-bond donors (Lipinski definition) is 3. The van der Waals surface area contributed by atoms with Gasteiger partial charge in [-0.1, -0.05) is 91.9 Å². The molecule has 0 saturated heterocycles. The van der Waals surface area contributed by atoms with E-state index in [0.29, 0.717) is 12.5 Å². The lowest BCUT2D eigenvalue weighted by Gasteiger charge is -2.18. The molecule has 0 heterocycles. The van der Waals surface area contributed by atoms with Crippen LogP contribution in [0.3, 0.4) is 0 Å². The molecule has 0 amide bonds. The molecule has 3 nitrogen and oxygen atoms in total. The Bertz CT molecular complexity index is 1380. The average molecular weight is 458 g/mol. The number of nitrogens with two attached hydrogens (primary N) is 2. The van der Waals surface area contributed by atoms with Gasteiger partial charge in [0.1, 0.15) is 0 Å². The standard InChI is InChI=1S/C32H31N3/c1-22-7-5-11-27(17-22)24-13-15-26(16-14-24)30-19-29(25-9-3-2-4-10-25)31(34)20-32(30)35-28-12-6-8-23(18-28)21-33/h2-16,18-20,22,35H,17,21,33-34H2,1H3. The third-order valence-corrected chi connectivity index (χ3v) is 6.56. The summed E-state index contributed by atoms with van der Waals surface area (Å²) in [6.07, 6.45) is 7.72. The SMILES string of the molecule is CC1C=CC=C(c2ccc(-c3cc(-c4ccccc4)c(N)cc3Nc3cccc(CN)c3)cc2)C1. The third-order valence-electron chi connectivity index (χ3n) is 6.56. The number of nitrogens with one attached hydrogen (secondary N) is 1. The summed E-state index contributed by atoms with van der Waals surface area (Å²) in [6.45, 7) is 2.76. The van der Waals surface area contributed by atoms with Crippen LogP contribution < -0.4 is 16.8 Å². The van der Waals surface area contributed by atoms with Crippen molar-refractivity contribution in [2.75, 3.05) is 11.1 Å². The fraction of sp³-hybridized carbons (Fsp3) is 0.125. The van der Waals surface area contributed by atoms with Crippen LogP contribution in [-0.2, 0) is 6.54 Å². The molecule has 0 spiro atoms. The molecule has 0 saturated carbocycles. The maximum absolute atomic E-state index is 6.57. The minimum Gasteiger partial charge on any atom is -0.398 e. The van der Waals surface area contributed by atoms with Crippen molar-refractivity contribution < 1.29 is 0 Å². The van der Waals surface area contributed by atoms with Crippen LogP contribution in [0.25, 0.3) is 27.8 Å². The van der Waals surface area contributed by atoms with E-state index in [2.05, 4.69) is 85.1 Å². The van der Waals surface area contributed by atoms with Crippen molar-refractivity contribution in [1.29, 1.82) is 0 Å². The van der Waals surface area contributed by atoms with Gasteiger partial charge < -0.3 is 16.8 Å². The van der Waals surface area contributed by atoms with Gasteiger partial charge in [-0.05, 0) is 64.4 Å². The van der Waals surface area contributed by atoms with E-state index in [4.69, 9.17) is 11.5 Å². The first-order chi connectivity index (χ1) is 17.1. The number of rotatable bonds is 6. The Morgan fingerprint density at radius 3 is 2.29 bits per heavy atom. The molecule has 3 heteroatoms. The molecule has 5 N–H and O–H groups in total. The summed E-state index contributed by atoms with van der Waals surface area (Å²) >= 11 is 0. The number of allylic oxidation sites excluding steroid dienone is 4. The van der Waals surface area contributed by atoms with Crippen LogP contribution in [0.5, 0.6) is 0 Å². The van der Waals surface area contributed by atoms with E-state index in [1.807, 2.05) is 36.4 Å². The Hall–Kier alpha value is -4.08. The molecule has 1 aliphatic rings. The first-order valence-electron chi connectivity index (χ1n) is 12.1. The highest BCUT2D eigenvalue weighted by atomic mass is 14.9. The average Bonchev–Trinajstić information content (AvgIpc) is 2.89. The van der Waals surface area contributed by atoms with E-state index in [-0.39, 0.29) is 0 Å². The minimum atomic E-state index is 0.503. The summed E-state index contributed by atoms with van der Waals surface area (Å²) in [5.74, 6) is 0.570. The summed E-state index contributed by atoms with van der Waals surface area (Å²) in [4.78, 5) is 0. The number of nitrogen functional groups attached to an aromatic ring is 1. The van der Waals surface area contributed by atoms with Crippen molar-refractivity contribution in [3.63, 3.8) is 0 Å². The maximum atomic E-state index is 6.57. The van der Waals surface area contributed by atoms with E-state index < -0.39 is 0 Å². The van der Waals surface area contributed by atoms with Crippen LogP contribution in [0, 0.1) is 5.92 Å². The number of benzene rings is 4. The van der Waals surface area contributed by atoms with E-state index >= 15 is 0 Å². The highest BCUT2D eigenvalue weighted by molar-refractivity contribution is 5.91. The molecule has 0 fully saturated rings. The summed E-state index contributed by atoms with van der Waals surface area (Å²) in [5, 5.41) is 3.59. The molecule has 0 aliphatic heterocycles. The lowest BCUT2D eigenvalue weighted by atomic mass is 9.90. The molecule has 5 rings (SSSR count). The second-order valence-electron chi connectivity index (χ2n) is 9.22. The Morgan fingerprint density at radius 2 is 1.54 bits per heavy atom. The molecule has 1 atom stereocenters. The van der Waals surface area contributed by atoms with Crippen molar-refractivity contribution >= 4 is 22.6 Å². The fourth-order valence-corrected chi connectivity index (χ4v) is 4.68. The molecule has 0 aromatic heterocycles. The van der Waals surface area contributed by atoms with E-state index in [0.717, 1.165) is 51.3 Å². The van der Waals surface area contributed by atoms with Gasteiger partial charge in [-0.15, -0.1) is 0 Å². The van der Waals surface area contributed by atoms with E-state index in [1.165, 1.54) is 11.1 Å². The zero-order valence-electron chi connectivity index (χ0n) is 20.0. The predicted molar refractivity (Wildman–Crippen MR) is 150 cm³/mol. The van der Waals surface area contributed by atoms with Crippen molar-refractivity contribution in [3.8, 4) is 22.3 Å². The van der Waals surface area contributed by atoms with Crippen molar-refractivity contribution in [2.24, 2.45) is 11.7 Å². The summed E-state index contributed by atoms with van der Waals surface area (Å²) < 4.78 is 0. The molecule has 35 heavy (non-hydrogen) atoms. The van der Waals surface area contributed by atoms with Gasteiger partial charge in [-0.2, -0.15) is 0 Å². The lowest BCUT2D eigenvalue weighted by Crippen LogP contribution is -2.00. The van der Waals surface area contributed by atoms with Gasteiger partial charge in [0, 0.05) is 34.7 Å². The topological polar surface area (TPSA) is 64.1 Å². The van der Waals surface area contributed by atoms with Gasteiger partial charge in [-0.3, -0.25) is 0 Å². The Balaban J connectivity index is 1.58. The monoisotopic (exact) mass is 457 g/mol. The third kappa shape index (κ3) is 5.06. The molecule has 4 aromatic rings. The first kappa shape index (κ1) is 22.7. The Morgan fingerprint density at radius 1 is 0.800 bits per heavy atom. The summed E-state index contributed by atoms with van der Waals surface area (Å²) in [7, 11) is 0. The molecule has 0 bridgehead atoms. The molecular weight excluding hydrogens is 426 g/mol. The molecular formula is C32H31N3. The van der Waals surface area contributed by atoms with Crippen molar-refractivity contribution in [3.05, 3.63) is 120 Å².